The second kappa shape index (κ2) is 10.3. The number of nitrogens with one attached hydrogen (secondary N) is 2. The van der Waals surface area contributed by atoms with Crippen LogP contribution in [-0.4, -0.2) is 37.1 Å². The van der Waals surface area contributed by atoms with Gasteiger partial charge in [-0.2, -0.15) is 5.10 Å². The number of anilines is 1. The lowest BCUT2D eigenvalue weighted by Crippen LogP contribution is -2.32. The number of primary amides is 1. The predicted molar refractivity (Wildman–Crippen MR) is 113 cm³/mol. The summed E-state index contributed by atoms with van der Waals surface area (Å²) in [5.41, 5.74) is 9.50. The molecule has 0 fully saturated rings. The molecule has 9 nitrogen and oxygen atoms in total. The second-order valence-electron chi connectivity index (χ2n) is 6.18. The Hall–Kier alpha value is -3.59. The number of aryl methyl sites for hydroxylation is 1. The molecule has 10 heteroatoms. The Bertz CT molecular complexity index is 1010. The van der Waals surface area contributed by atoms with Crippen LogP contribution in [0.2, 0.25) is 5.02 Å². The number of benzene rings is 2. The van der Waals surface area contributed by atoms with Gasteiger partial charge in [0.1, 0.15) is 0 Å². The predicted octanol–water partition coefficient (Wildman–Crippen LogP) is 2.00. The molecule has 0 aromatic heterocycles. The molecule has 0 saturated carbocycles. The molecule has 158 valence electrons. The Morgan fingerprint density at radius 1 is 1.10 bits per heavy atom. The molecule has 2 aromatic carbocycles. The van der Waals surface area contributed by atoms with Crippen molar-refractivity contribution in [3.05, 3.63) is 52.5 Å². The summed E-state index contributed by atoms with van der Waals surface area (Å²) in [6.07, 6.45) is 0. The van der Waals surface area contributed by atoms with E-state index in [4.69, 9.17) is 26.8 Å². The normalized spacial score (nSPS) is 10.9. The van der Waals surface area contributed by atoms with Crippen LogP contribution in [0.1, 0.15) is 18.1 Å². The van der Waals surface area contributed by atoms with E-state index in [2.05, 4.69) is 15.8 Å². The van der Waals surface area contributed by atoms with Gasteiger partial charge in [-0.1, -0.05) is 17.7 Å². The third kappa shape index (κ3) is 6.21. The molecular weight excluding hydrogens is 412 g/mol. The van der Waals surface area contributed by atoms with Gasteiger partial charge >= 0.3 is 11.8 Å². The molecule has 0 atom stereocenters. The molecule has 0 bridgehead atoms. The van der Waals surface area contributed by atoms with Gasteiger partial charge in [0, 0.05) is 16.3 Å². The number of hydrazone groups is 1. The highest BCUT2D eigenvalue weighted by Gasteiger charge is 2.14. The maximum absolute atomic E-state index is 12.0. The summed E-state index contributed by atoms with van der Waals surface area (Å²) in [7, 11) is 1.44. The van der Waals surface area contributed by atoms with Crippen LogP contribution >= 0.6 is 11.6 Å². The Labute approximate surface area is 178 Å². The maximum atomic E-state index is 12.0. The van der Waals surface area contributed by atoms with E-state index in [1.807, 2.05) is 6.92 Å². The second-order valence-corrected chi connectivity index (χ2v) is 6.58. The third-order valence-corrected chi connectivity index (χ3v) is 4.32. The van der Waals surface area contributed by atoms with Crippen LogP contribution < -0.4 is 25.9 Å². The molecule has 0 aliphatic rings. The first-order valence-corrected chi connectivity index (χ1v) is 9.10. The summed E-state index contributed by atoms with van der Waals surface area (Å²) in [4.78, 5) is 34.9. The molecule has 2 aromatic rings. The first-order valence-electron chi connectivity index (χ1n) is 8.72. The number of nitrogens with zero attached hydrogens (tertiary/aromatic N) is 1. The fourth-order valence-corrected chi connectivity index (χ4v) is 2.45. The van der Waals surface area contributed by atoms with Gasteiger partial charge in [0.25, 0.3) is 5.91 Å². The molecule has 30 heavy (non-hydrogen) atoms. The van der Waals surface area contributed by atoms with E-state index in [-0.39, 0.29) is 6.61 Å². The van der Waals surface area contributed by atoms with Gasteiger partial charge in [-0.25, -0.2) is 5.43 Å². The van der Waals surface area contributed by atoms with Crippen molar-refractivity contribution in [1.82, 2.24) is 5.43 Å². The minimum absolute atomic E-state index is 0.292. The van der Waals surface area contributed by atoms with Gasteiger partial charge in [-0.15, -0.1) is 0 Å². The Balaban J connectivity index is 2.03. The van der Waals surface area contributed by atoms with Crippen molar-refractivity contribution in [2.45, 2.75) is 13.8 Å². The van der Waals surface area contributed by atoms with E-state index in [9.17, 15) is 14.4 Å². The van der Waals surface area contributed by atoms with Gasteiger partial charge in [0.05, 0.1) is 12.8 Å². The van der Waals surface area contributed by atoms with Crippen molar-refractivity contribution in [1.29, 1.82) is 0 Å². The number of rotatable bonds is 7. The first kappa shape index (κ1) is 22.7. The van der Waals surface area contributed by atoms with Crippen molar-refractivity contribution >= 4 is 40.7 Å². The lowest BCUT2D eigenvalue weighted by molar-refractivity contribution is -0.136. The summed E-state index contributed by atoms with van der Waals surface area (Å²) < 4.78 is 10.5. The number of nitrogens with two attached hydrogens (primary N) is 1. The van der Waals surface area contributed by atoms with Crippen molar-refractivity contribution in [2.75, 3.05) is 19.0 Å². The van der Waals surface area contributed by atoms with E-state index in [0.717, 1.165) is 5.56 Å². The molecule has 0 aliphatic carbocycles. The number of carbonyl (C=O) groups excluding carboxylic acids is 3. The average Bonchev–Trinajstić information content (AvgIpc) is 2.72. The van der Waals surface area contributed by atoms with Crippen LogP contribution in [0.4, 0.5) is 5.69 Å². The van der Waals surface area contributed by atoms with Crippen LogP contribution in [0.3, 0.4) is 0 Å². The molecule has 4 N–H and O–H groups in total. The topological polar surface area (TPSA) is 132 Å². The maximum Gasteiger partial charge on any atom is 0.329 e. The van der Waals surface area contributed by atoms with Crippen LogP contribution in [0.25, 0.3) is 0 Å². The van der Waals surface area contributed by atoms with E-state index in [1.165, 1.54) is 7.11 Å². The lowest BCUT2D eigenvalue weighted by atomic mass is 10.1. The van der Waals surface area contributed by atoms with Crippen LogP contribution in [0.15, 0.2) is 41.5 Å². The quantitative estimate of drug-likeness (QED) is 0.349. The van der Waals surface area contributed by atoms with Crippen LogP contribution in [0, 0.1) is 6.92 Å². The highest BCUT2D eigenvalue weighted by atomic mass is 35.5. The molecule has 0 radical (unpaired) electrons. The van der Waals surface area contributed by atoms with Crippen LogP contribution in [-0.2, 0) is 14.4 Å². The largest absolute Gasteiger partial charge is 0.493 e. The summed E-state index contributed by atoms with van der Waals surface area (Å²) in [5.74, 6) is -1.77. The highest BCUT2D eigenvalue weighted by molar-refractivity contribution is 6.40. The Morgan fingerprint density at radius 2 is 1.83 bits per heavy atom. The number of hydrogen-bond donors (Lipinski definition) is 3. The Morgan fingerprint density at radius 3 is 2.47 bits per heavy atom. The summed E-state index contributed by atoms with van der Waals surface area (Å²) >= 11 is 6.00. The molecule has 3 amide bonds. The van der Waals surface area contributed by atoms with Crippen molar-refractivity contribution in [3.63, 3.8) is 0 Å². The fourth-order valence-electron chi connectivity index (χ4n) is 2.27. The molecule has 0 aliphatic heterocycles. The van der Waals surface area contributed by atoms with E-state index < -0.39 is 17.7 Å². The summed E-state index contributed by atoms with van der Waals surface area (Å²) in [5, 5.41) is 6.84. The van der Waals surface area contributed by atoms with Gasteiger partial charge in [-0.05, 0) is 49.7 Å². The van der Waals surface area contributed by atoms with Gasteiger partial charge in [0.2, 0.25) is 0 Å². The SMILES string of the molecule is COc1cc(/C(C)=N/NC(=O)C(=O)Nc2ccc(C)c(Cl)c2)ccc1OCC(N)=O. The zero-order valence-electron chi connectivity index (χ0n) is 16.6. The zero-order chi connectivity index (χ0) is 22.3. The zero-order valence-corrected chi connectivity index (χ0v) is 17.4. The van der Waals surface area contributed by atoms with Crippen molar-refractivity contribution < 1.29 is 23.9 Å². The Kier molecular flexibility index (Phi) is 7.76. The van der Waals surface area contributed by atoms with Gasteiger partial charge in [-0.3, -0.25) is 14.4 Å². The van der Waals surface area contributed by atoms with E-state index >= 15 is 0 Å². The fraction of sp³-hybridized carbons (Fsp3) is 0.200. The van der Waals surface area contributed by atoms with Crippen LogP contribution in [0.5, 0.6) is 11.5 Å². The number of amides is 3. The number of methoxy groups -OCH3 is 1. The number of halogens is 1. The molecule has 0 unspecified atom stereocenters. The average molecular weight is 433 g/mol. The number of hydrogen-bond acceptors (Lipinski definition) is 6. The highest BCUT2D eigenvalue weighted by Crippen LogP contribution is 2.28. The standard InChI is InChI=1S/C20H21ClN4O5/c1-11-4-6-14(9-15(11)21)23-19(27)20(28)25-24-12(2)13-5-7-16(17(8-13)29-3)30-10-18(22)26/h4-9H,10H2,1-3H3,(H2,22,26)(H,23,27)(H,25,28)/b24-12+. The summed E-state index contributed by atoms with van der Waals surface area (Å²) in [6, 6.07) is 9.74. The number of ether oxygens (including phenoxy) is 2. The molecule has 0 spiro atoms. The monoisotopic (exact) mass is 432 g/mol. The molecular formula is C20H21ClN4O5. The minimum atomic E-state index is -0.945. The third-order valence-electron chi connectivity index (χ3n) is 3.91. The molecule has 0 heterocycles. The van der Waals surface area contributed by atoms with E-state index in [0.29, 0.717) is 33.5 Å². The van der Waals surface area contributed by atoms with Crippen molar-refractivity contribution in [2.24, 2.45) is 10.8 Å². The smallest absolute Gasteiger partial charge is 0.329 e. The summed E-state index contributed by atoms with van der Waals surface area (Å²) in [6.45, 7) is 3.17. The first-order chi connectivity index (χ1) is 14.2. The molecule has 0 saturated heterocycles. The minimum Gasteiger partial charge on any atom is -0.493 e. The lowest BCUT2D eigenvalue weighted by Gasteiger charge is -2.11. The van der Waals surface area contributed by atoms with Gasteiger partial charge in [0.15, 0.2) is 18.1 Å². The molecule has 2 rings (SSSR count). The van der Waals surface area contributed by atoms with Gasteiger partial charge < -0.3 is 20.5 Å². The van der Waals surface area contributed by atoms with Crippen molar-refractivity contribution in [3.8, 4) is 11.5 Å². The number of carbonyl (C=O) groups is 3. The van der Waals surface area contributed by atoms with E-state index in [1.54, 1.807) is 43.3 Å².